The van der Waals surface area contributed by atoms with E-state index in [-0.39, 0.29) is 12.3 Å². The Bertz CT molecular complexity index is 869. The topological polar surface area (TPSA) is 51.2 Å². The molecule has 0 aliphatic carbocycles. The van der Waals surface area contributed by atoms with E-state index in [9.17, 15) is 4.79 Å². The zero-order valence-electron chi connectivity index (χ0n) is 14.1. The molecule has 5 heteroatoms. The lowest BCUT2D eigenvalue weighted by molar-refractivity contribution is 0.101. The monoisotopic (exact) mass is 340 g/mol. The highest BCUT2D eigenvalue weighted by Crippen LogP contribution is 2.29. The summed E-state index contributed by atoms with van der Waals surface area (Å²) in [5.74, 6) is 0.809. The van der Waals surface area contributed by atoms with E-state index in [1.165, 1.54) is 11.1 Å². The average molecular weight is 340 g/mol. The molecule has 0 saturated carbocycles. The number of carbonyl (C=O) groups excluding carboxylic acids is 1. The van der Waals surface area contributed by atoms with Crippen LogP contribution in [-0.4, -0.2) is 23.9 Å². The van der Waals surface area contributed by atoms with Gasteiger partial charge >= 0.3 is 0 Å². The lowest BCUT2D eigenvalue weighted by Crippen LogP contribution is -2.13. The molecule has 1 aromatic heterocycles. The van der Waals surface area contributed by atoms with Gasteiger partial charge in [0.05, 0.1) is 23.4 Å². The van der Waals surface area contributed by atoms with E-state index < -0.39 is 0 Å². The van der Waals surface area contributed by atoms with Gasteiger partial charge in [0.1, 0.15) is 5.75 Å². The summed E-state index contributed by atoms with van der Waals surface area (Å²) in [6.07, 6.45) is 0. The third-order valence-corrected chi connectivity index (χ3v) is 4.95. The number of thiazole rings is 1. The molecule has 0 radical (unpaired) electrons. The van der Waals surface area contributed by atoms with Gasteiger partial charge in [-0.2, -0.15) is 0 Å². The zero-order chi connectivity index (χ0) is 17.1. The first-order valence-electron chi connectivity index (χ1n) is 7.95. The molecular formula is C19H20N2O2S. The number of aromatic nitrogens is 1. The van der Waals surface area contributed by atoms with Crippen molar-refractivity contribution in [3.63, 3.8) is 0 Å². The van der Waals surface area contributed by atoms with E-state index in [1.807, 2.05) is 19.1 Å². The Morgan fingerprint density at radius 2 is 1.92 bits per heavy atom. The first-order valence-corrected chi connectivity index (χ1v) is 8.77. The van der Waals surface area contributed by atoms with Crippen molar-refractivity contribution in [1.82, 2.24) is 4.98 Å². The number of anilines is 1. The van der Waals surface area contributed by atoms with E-state index in [1.54, 1.807) is 23.5 Å². The van der Waals surface area contributed by atoms with E-state index in [0.717, 1.165) is 21.1 Å². The lowest BCUT2D eigenvalue weighted by atomic mass is 10.1. The van der Waals surface area contributed by atoms with Crippen molar-refractivity contribution in [2.75, 3.05) is 18.5 Å². The van der Waals surface area contributed by atoms with Gasteiger partial charge in [-0.05, 0) is 62.2 Å². The van der Waals surface area contributed by atoms with Crippen LogP contribution in [0.4, 0.5) is 5.13 Å². The molecule has 4 nitrogen and oxygen atoms in total. The predicted octanol–water partition coefficient (Wildman–Crippen LogP) is 4.61. The summed E-state index contributed by atoms with van der Waals surface area (Å²) in [7, 11) is 0. The van der Waals surface area contributed by atoms with Crippen molar-refractivity contribution >= 4 is 32.5 Å². The number of hydrogen-bond donors (Lipinski definition) is 1. The third kappa shape index (κ3) is 3.41. The number of nitrogens with one attached hydrogen (secondary N) is 1. The summed E-state index contributed by atoms with van der Waals surface area (Å²) in [4.78, 5) is 16.9. The smallest absolute Gasteiger partial charge is 0.184 e. The first-order chi connectivity index (χ1) is 11.6. The Morgan fingerprint density at radius 1 is 1.17 bits per heavy atom. The molecule has 3 rings (SSSR count). The molecule has 0 spiro atoms. The molecular weight excluding hydrogens is 320 g/mol. The number of benzene rings is 2. The van der Waals surface area contributed by atoms with Gasteiger partial charge in [-0.15, -0.1) is 0 Å². The van der Waals surface area contributed by atoms with Gasteiger partial charge in [0.25, 0.3) is 0 Å². The molecule has 24 heavy (non-hydrogen) atoms. The minimum Gasteiger partial charge on any atom is -0.494 e. The van der Waals surface area contributed by atoms with Crippen LogP contribution in [0.1, 0.15) is 28.4 Å². The Morgan fingerprint density at radius 3 is 2.62 bits per heavy atom. The van der Waals surface area contributed by atoms with Crippen LogP contribution in [-0.2, 0) is 0 Å². The fourth-order valence-corrected chi connectivity index (χ4v) is 3.38. The molecule has 0 aliphatic heterocycles. The zero-order valence-corrected chi connectivity index (χ0v) is 14.9. The number of rotatable bonds is 6. The van der Waals surface area contributed by atoms with Gasteiger partial charge in [0, 0.05) is 5.56 Å². The summed E-state index contributed by atoms with van der Waals surface area (Å²) in [5, 5.41) is 3.92. The number of Topliss-reactive ketones (excluding diaryl/α,β-unsaturated/α-hetero) is 1. The molecule has 1 N–H and O–H groups in total. The number of hydrogen-bond acceptors (Lipinski definition) is 5. The van der Waals surface area contributed by atoms with Gasteiger partial charge in [-0.25, -0.2) is 4.98 Å². The maximum Gasteiger partial charge on any atom is 0.184 e. The van der Waals surface area contributed by atoms with Crippen molar-refractivity contribution in [2.24, 2.45) is 0 Å². The maximum absolute atomic E-state index is 12.3. The Labute approximate surface area is 145 Å². The molecule has 3 aromatic rings. The second-order valence-corrected chi connectivity index (χ2v) is 6.64. The van der Waals surface area contributed by atoms with Crippen molar-refractivity contribution in [2.45, 2.75) is 20.8 Å². The average Bonchev–Trinajstić information content (AvgIpc) is 3.01. The van der Waals surface area contributed by atoms with Gasteiger partial charge in [0.15, 0.2) is 10.9 Å². The van der Waals surface area contributed by atoms with E-state index in [4.69, 9.17) is 4.74 Å². The van der Waals surface area contributed by atoms with Crippen molar-refractivity contribution in [3.05, 3.63) is 53.1 Å². The van der Waals surface area contributed by atoms with Gasteiger partial charge in [-0.3, -0.25) is 4.79 Å². The minimum absolute atomic E-state index is 0.0326. The molecule has 124 valence electrons. The van der Waals surface area contributed by atoms with Gasteiger partial charge < -0.3 is 10.1 Å². The minimum atomic E-state index is 0.0326. The molecule has 0 saturated heterocycles. The molecule has 0 amide bonds. The van der Waals surface area contributed by atoms with Gasteiger partial charge in [-0.1, -0.05) is 17.4 Å². The van der Waals surface area contributed by atoms with Crippen LogP contribution in [0.2, 0.25) is 0 Å². The molecule has 1 heterocycles. The van der Waals surface area contributed by atoms with Crippen LogP contribution in [0.3, 0.4) is 0 Å². The predicted molar refractivity (Wildman–Crippen MR) is 99.5 cm³/mol. The van der Waals surface area contributed by atoms with Crippen LogP contribution < -0.4 is 10.1 Å². The van der Waals surface area contributed by atoms with Crippen molar-refractivity contribution in [3.8, 4) is 5.75 Å². The Hall–Kier alpha value is -2.40. The summed E-state index contributed by atoms with van der Waals surface area (Å²) < 4.78 is 6.52. The standard InChI is InChI=1S/C19H20N2O2S/c1-4-23-15-8-6-14(7-9-15)16(22)11-20-19-21-18-13(3)12(2)5-10-17(18)24-19/h5-10H,4,11H2,1-3H3,(H,20,21). The summed E-state index contributed by atoms with van der Waals surface area (Å²) >= 11 is 1.57. The van der Waals surface area contributed by atoms with Gasteiger partial charge in [0.2, 0.25) is 0 Å². The van der Waals surface area contributed by atoms with Crippen LogP contribution in [0.5, 0.6) is 5.75 Å². The molecule has 2 aromatic carbocycles. The van der Waals surface area contributed by atoms with Crippen LogP contribution in [0.25, 0.3) is 10.2 Å². The quantitative estimate of drug-likeness (QED) is 0.666. The first kappa shape index (κ1) is 16.5. The maximum atomic E-state index is 12.3. The molecule has 0 atom stereocenters. The number of fused-ring (bicyclic) bond motifs is 1. The highest BCUT2D eigenvalue weighted by atomic mass is 32.1. The van der Waals surface area contributed by atoms with Crippen LogP contribution in [0.15, 0.2) is 36.4 Å². The Kier molecular flexibility index (Phi) is 4.81. The molecule has 0 bridgehead atoms. The number of nitrogens with zero attached hydrogens (tertiary/aromatic N) is 1. The Balaban J connectivity index is 1.68. The number of ketones is 1. The van der Waals surface area contributed by atoms with Crippen molar-refractivity contribution in [1.29, 1.82) is 0 Å². The second-order valence-electron chi connectivity index (χ2n) is 5.61. The summed E-state index contributed by atoms with van der Waals surface area (Å²) in [6, 6.07) is 11.4. The third-order valence-electron chi connectivity index (χ3n) is 3.97. The summed E-state index contributed by atoms with van der Waals surface area (Å²) in [6.45, 7) is 6.93. The SMILES string of the molecule is CCOc1ccc(C(=O)CNc2nc3c(C)c(C)ccc3s2)cc1. The fourth-order valence-electron chi connectivity index (χ4n) is 2.46. The number of ether oxygens (including phenoxy) is 1. The number of aryl methyl sites for hydroxylation is 2. The second kappa shape index (κ2) is 7.01. The summed E-state index contributed by atoms with van der Waals surface area (Å²) in [5.41, 5.74) is 4.09. The fraction of sp³-hybridized carbons (Fsp3) is 0.263. The highest BCUT2D eigenvalue weighted by Gasteiger charge is 2.10. The van der Waals surface area contributed by atoms with Crippen LogP contribution in [0, 0.1) is 13.8 Å². The molecule has 0 aliphatic rings. The van der Waals surface area contributed by atoms with E-state index >= 15 is 0 Å². The molecule has 0 fully saturated rings. The highest BCUT2D eigenvalue weighted by molar-refractivity contribution is 7.22. The van der Waals surface area contributed by atoms with Crippen molar-refractivity contribution < 1.29 is 9.53 Å². The number of carbonyl (C=O) groups is 1. The largest absolute Gasteiger partial charge is 0.494 e. The normalized spacial score (nSPS) is 10.8. The van der Waals surface area contributed by atoms with E-state index in [2.05, 4.69) is 36.3 Å². The molecule has 0 unspecified atom stereocenters. The van der Waals surface area contributed by atoms with E-state index in [0.29, 0.717) is 12.2 Å². The van der Waals surface area contributed by atoms with Crippen LogP contribution >= 0.6 is 11.3 Å². The lowest BCUT2D eigenvalue weighted by Gasteiger charge is -2.05.